The largest absolute Gasteiger partial charge is 0.496 e. The molecule has 2 aliphatic rings. The number of piperidine rings is 1. The topological polar surface area (TPSA) is 67.6 Å². The minimum atomic E-state index is -0.110. The molecule has 114 valence electrons. The second-order valence-corrected chi connectivity index (χ2v) is 5.94. The lowest BCUT2D eigenvalue weighted by atomic mass is 9.90. The van der Waals surface area contributed by atoms with Gasteiger partial charge in [-0.2, -0.15) is 0 Å². The molecule has 2 saturated heterocycles. The van der Waals surface area contributed by atoms with Gasteiger partial charge in [0, 0.05) is 30.4 Å². The van der Waals surface area contributed by atoms with Crippen molar-refractivity contribution in [2.24, 2.45) is 11.7 Å². The number of hydrogen-bond donors (Lipinski definition) is 2. The Balaban J connectivity index is 2.01. The van der Waals surface area contributed by atoms with E-state index in [1.807, 2.05) is 19.1 Å². The number of fused-ring (bicyclic) bond motifs is 1. The van der Waals surface area contributed by atoms with Crippen LogP contribution in [0.4, 0.5) is 5.69 Å². The first kappa shape index (κ1) is 14.2. The van der Waals surface area contributed by atoms with Gasteiger partial charge in [-0.05, 0) is 31.9 Å². The SMILES string of the molecule is COc1cccc(N2CCCC3C(=O)NCC32)c1C(C)N. The van der Waals surface area contributed by atoms with Crippen molar-refractivity contribution in [1.29, 1.82) is 0 Å². The van der Waals surface area contributed by atoms with E-state index in [1.54, 1.807) is 7.11 Å². The second kappa shape index (κ2) is 5.56. The van der Waals surface area contributed by atoms with Crippen LogP contribution < -0.4 is 20.7 Å². The lowest BCUT2D eigenvalue weighted by Gasteiger charge is -2.39. The number of nitrogens with one attached hydrogen (secondary N) is 1. The molecule has 0 aromatic heterocycles. The summed E-state index contributed by atoms with van der Waals surface area (Å²) in [4.78, 5) is 14.3. The second-order valence-electron chi connectivity index (χ2n) is 5.94. The molecule has 0 saturated carbocycles. The van der Waals surface area contributed by atoms with Gasteiger partial charge in [0.15, 0.2) is 0 Å². The Morgan fingerprint density at radius 2 is 2.29 bits per heavy atom. The molecule has 3 unspecified atom stereocenters. The summed E-state index contributed by atoms with van der Waals surface area (Å²) in [6.07, 6.45) is 2.01. The minimum absolute atomic E-state index is 0.103. The highest BCUT2D eigenvalue weighted by Gasteiger charge is 2.41. The van der Waals surface area contributed by atoms with E-state index >= 15 is 0 Å². The molecule has 5 nitrogen and oxygen atoms in total. The molecule has 1 amide bonds. The highest BCUT2D eigenvalue weighted by molar-refractivity contribution is 5.83. The van der Waals surface area contributed by atoms with Crippen LogP contribution in [-0.2, 0) is 4.79 Å². The Labute approximate surface area is 125 Å². The van der Waals surface area contributed by atoms with Crippen molar-refractivity contribution in [2.75, 3.05) is 25.1 Å². The molecular weight excluding hydrogens is 266 g/mol. The average Bonchev–Trinajstić information content (AvgIpc) is 2.88. The van der Waals surface area contributed by atoms with E-state index in [1.165, 1.54) is 0 Å². The molecule has 3 N–H and O–H groups in total. The molecule has 2 fully saturated rings. The third-order valence-electron chi connectivity index (χ3n) is 4.63. The standard InChI is InChI=1S/C16H23N3O2/c1-10(17)15-12(6-3-7-14(15)21-2)19-8-4-5-11-13(19)9-18-16(11)20/h3,6-7,10-11,13H,4-5,8-9,17H2,1-2H3,(H,18,20). The van der Waals surface area contributed by atoms with Crippen molar-refractivity contribution in [2.45, 2.75) is 31.8 Å². The number of anilines is 1. The molecule has 21 heavy (non-hydrogen) atoms. The van der Waals surface area contributed by atoms with Gasteiger partial charge in [0.1, 0.15) is 5.75 Å². The Hall–Kier alpha value is -1.75. The summed E-state index contributed by atoms with van der Waals surface area (Å²) < 4.78 is 5.48. The van der Waals surface area contributed by atoms with Crippen LogP contribution in [0.3, 0.4) is 0 Å². The fraction of sp³-hybridized carbons (Fsp3) is 0.562. The number of carbonyl (C=O) groups excluding carboxylic acids is 1. The van der Waals surface area contributed by atoms with E-state index < -0.39 is 0 Å². The van der Waals surface area contributed by atoms with E-state index in [0.717, 1.165) is 42.9 Å². The maximum Gasteiger partial charge on any atom is 0.225 e. The van der Waals surface area contributed by atoms with Gasteiger partial charge in [-0.3, -0.25) is 4.79 Å². The molecule has 3 atom stereocenters. The Kier molecular flexibility index (Phi) is 3.76. The fourth-order valence-corrected chi connectivity index (χ4v) is 3.67. The molecule has 1 aromatic rings. The number of hydrogen-bond acceptors (Lipinski definition) is 4. The van der Waals surface area contributed by atoms with Crippen LogP contribution in [0.2, 0.25) is 0 Å². The van der Waals surface area contributed by atoms with Crippen molar-refractivity contribution in [3.63, 3.8) is 0 Å². The van der Waals surface area contributed by atoms with Crippen molar-refractivity contribution in [3.05, 3.63) is 23.8 Å². The summed E-state index contributed by atoms with van der Waals surface area (Å²) in [6.45, 7) is 3.66. The number of amides is 1. The normalized spacial score (nSPS) is 26.2. The number of nitrogens with two attached hydrogens (primary N) is 1. The minimum Gasteiger partial charge on any atom is -0.496 e. The lowest BCUT2D eigenvalue weighted by molar-refractivity contribution is -0.122. The van der Waals surface area contributed by atoms with Gasteiger partial charge in [0.25, 0.3) is 0 Å². The molecule has 5 heteroatoms. The Morgan fingerprint density at radius 3 is 3.00 bits per heavy atom. The predicted molar refractivity (Wildman–Crippen MR) is 82.5 cm³/mol. The Bertz CT molecular complexity index is 544. The first-order valence-electron chi connectivity index (χ1n) is 7.60. The van der Waals surface area contributed by atoms with Crippen LogP contribution >= 0.6 is 0 Å². The maximum atomic E-state index is 11.9. The van der Waals surface area contributed by atoms with Gasteiger partial charge in [-0.15, -0.1) is 0 Å². The van der Waals surface area contributed by atoms with Crippen LogP contribution in [0.15, 0.2) is 18.2 Å². The van der Waals surface area contributed by atoms with Crippen LogP contribution in [0.25, 0.3) is 0 Å². The molecule has 0 aliphatic carbocycles. The quantitative estimate of drug-likeness (QED) is 0.883. The molecule has 1 aromatic carbocycles. The smallest absolute Gasteiger partial charge is 0.225 e. The van der Waals surface area contributed by atoms with Gasteiger partial charge in [0.2, 0.25) is 5.91 Å². The molecule has 2 aliphatic heterocycles. The van der Waals surface area contributed by atoms with Crippen LogP contribution in [-0.4, -0.2) is 32.1 Å². The van der Waals surface area contributed by atoms with Crippen molar-refractivity contribution < 1.29 is 9.53 Å². The first-order valence-corrected chi connectivity index (χ1v) is 7.60. The molecule has 0 bridgehead atoms. The first-order chi connectivity index (χ1) is 10.1. The average molecular weight is 289 g/mol. The third-order valence-corrected chi connectivity index (χ3v) is 4.63. The van der Waals surface area contributed by atoms with Crippen molar-refractivity contribution in [3.8, 4) is 5.75 Å². The number of nitrogens with zero attached hydrogens (tertiary/aromatic N) is 1. The summed E-state index contributed by atoms with van der Waals surface area (Å²) in [5, 5.41) is 3.00. The van der Waals surface area contributed by atoms with Crippen molar-refractivity contribution >= 4 is 11.6 Å². The Morgan fingerprint density at radius 1 is 1.48 bits per heavy atom. The van der Waals surface area contributed by atoms with Crippen LogP contribution in [0.1, 0.15) is 31.4 Å². The highest BCUT2D eigenvalue weighted by atomic mass is 16.5. The summed E-state index contributed by atoms with van der Waals surface area (Å²) in [6, 6.07) is 6.15. The highest BCUT2D eigenvalue weighted by Crippen LogP contribution is 2.38. The van der Waals surface area contributed by atoms with Gasteiger partial charge < -0.3 is 20.7 Å². The van der Waals surface area contributed by atoms with Gasteiger partial charge >= 0.3 is 0 Å². The number of carbonyl (C=O) groups is 1. The molecular formula is C16H23N3O2. The summed E-state index contributed by atoms with van der Waals surface area (Å²) >= 11 is 0. The molecule has 2 heterocycles. The van der Waals surface area contributed by atoms with E-state index in [4.69, 9.17) is 10.5 Å². The monoisotopic (exact) mass is 289 g/mol. The number of methoxy groups -OCH3 is 1. The zero-order valence-electron chi connectivity index (χ0n) is 12.6. The zero-order chi connectivity index (χ0) is 15.0. The van der Waals surface area contributed by atoms with Gasteiger partial charge in [-0.1, -0.05) is 6.07 Å². The summed E-state index contributed by atoms with van der Waals surface area (Å²) in [5.41, 5.74) is 8.31. The summed E-state index contributed by atoms with van der Waals surface area (Å²) in [5.74, 6) is 1.11. The lowest BCUT2D eigenvalue weighted by Crippen LogP contribution is -2.46. The van der Waals surface area contributed by atoms with E-state index in [0.29, 0.717) is 0 Å². The number of ether oxygens (including phenoxy) is 1. The number of rotatable bonds is 3. The van der Waals surface area contributed by atoms with Crippen LogP contribution in [0.5, 0.6) is 5.75 Å². The number of benzene rings is 1. The van der Waals surface area contributed by atoms with Crippen molar-refractivity contribution in [1.82, 2.24) is 5.32 Å². The van der Waals surface area contributed by atoms with E-state index in [-0.39, 0.29) is 23.9 Å². The van der Waals surface area contributed by atoms with E-state index in [9.17, 15) is 4.79 Å². The van der Waals surface area contributed by atoms with Crippen LogP contribution in [0, 0.1) is 5.92 Å². The molecule has 3 rings (SSSR count). The van der Waals surface area contributed by atoms with E-state index in [2.05, 4.69) is 16.3 Å². The molecule has 0 radical (unpaired) electrons. The third kappa shape index (κ3) is 2.35. The van der Waals surface area contributed by atoms with Gasteiger partial charge in [0.05, 0.1) is 19.1 Å². The maximum absolute atomic E-state index is 11.9. The summed E-state index contributed by atoms with van der Waals surface area (Å²) in [7, 11) is 1.67. The molecule has 0 spiro atoms. The van der Waals surface area contributed by atoms with Gasteiger partial charge in [-0.25, -0.2) is 0 Å². The predicted octanol–water partition coefficient (Wildman–Crippen LogP) is 1.43. The fourth-order valence-electron chi connectivity index (χ4n) is 3.67. The zero-order valence-corrected chi connectivity index (χ0v) is 12.6.